The summed E-state index contributed by atoms with van der Waals surface area (Å²) in [5.41, 5.74) is 5.60. The Bertz CT molecular complexity index is 442. The SMILES string of the molecule is NCCCS(=O)(=O)Nc1cc(Cl)cc(Cl)c1. The third-order valence-corrected chi connectivity index (χ3v) is 3.56. The first-order chi connectivity index (χ1) is 7.43. The molecule has 0 amide bonds. The lowest BCUT2D eigenvalue weighted by molar-refractivity contribution is 0.599. The van der Waals surface area contributed by atoms with Gasteiger partial charge >= 0.3 is 0 Å². The maximum absolute atomic E-state index is 11.5. The van der Waals surface area contributed by atoms with Crippen molar-refractivity contribution in [1.29, 1.82) is 0 Å². The van der Waals surface area contributed by atoms with Crippen LogP contribution in [0.25, 0.3) is 0 Å². The number of rotatable bonds is 5. The molecule has 0 saturated carbocycles. The molecule has 0 aromatic heterocycles. The summed E-state index contributed by atoms with van der Waals surface area (Å²) in [7, 11) is -3.38. The third-order valence-electron chi connectivity index (χ3n) is 1.75. The van der Waals surface area contributed by atoms with E-state index in [1.165, 1.54) is 18.2 Å². The van der Waals surface area contributed by atoms with Gasteiger partial charge in [0.1, 0.15) is 0 Å². The van der Waals surface area contributed by atoms with Crippen LogP contribution < -0.4 is 10.5 Å². The zero-order valence-corrected chi connectivity index (χ0v) is 10.7. The van der Waals surface area contributed by atoms with Gasteiger partial charge < -0.3 is 5.73 Å². The Hall–Kier alpha value is -0.490. The highest BCUT2D eigenvalue weighted by Gasteiger charge is 2.10. The van der Waals surface area contributed by atoms with Crippen LogP contribution >= 0.6 is 23.2 Å². The molecule has 0 spiro atoms. The number of benzene rings is 1. The molecule has 0 aliphatic rings. The Morgan fingerprint density at radius 3 is 2.25 bits per heavy atom. The van der Waals surface area contributed by atoms with Crippen molar-refractivity contribution in [2.75, 3.05) is 17.0 Å². The van der Waals surface area contributed by atoms with Gasteiger partial charge in [0, 0.05) is 10.0 Å². The number of halogens is 2. The number of anilines is 1. The number of hydrogen-bond acceptors (Lipinski definition) is 3. The van der Waals surface area contributed by atoms with Crippen molar-refractivity contribution < 1.29 is 8.42 Å². The highest BCUT2D eigenvalue weighted by Crippen LogP contribution is 2.23. The summed E-state index contributed by atoms with van der Waals surface area (Å²) in [6, 6.07) is 4.52. The predicted molar refractivity (Wildman–Crippen MR) is 67.5 cm³/mol. The molecule has 16 heavy (non-hydrogen) atoms. The van der Waals surface area contributed by atoms with Crippen molar-refractivity contribution in [1.82, 2.24) is 0 Å². The van der Waals surface area contributed by atoms with Crippen LogP contribution in [0.5, 0.6) is 0 Å². The van der Waals surface area contributed by atoms with Gasteiger partial charge in [-0.25, -0.2) is 8.42 Å². The quantitative estimate of drug-likeness (QED) is 0.869. The Morgan fingerprint density at radius 2 is 1.75 bits per heavy atom. The first-order valence-corrected chi connectivity index (χ1v) is 7.00. The minimum absolute atomic E-state index is 0.0202. The molecular weight excluding hydrogens is 271 g/mol. The van der Waals surface area contributed by atoms with E-state index >= 15 is 0 Å². The number of hydrogen-bond donors (Lipinski definition) is 2. The summed E-state index contributed by atoms with van der Waals surface area (Å²) in [6.45, 7) is 0.331. The van der Waals surface area contributed by atoms with E-state index in [4.69, 9.17) is 28.9 Å². The molecule has 0 saturated heterocycles. The Balaban J connectivity index is 2.80. The molecule has 0 heterocycles. The molecular formula is C9H12Cl2N2O2S. The average molecular weight is 283 g/mol. The van der Waals surface area contributed by atoms with Crippen LogP contribution in [-0.4, -0.2) is 20.7 Å². The summed E-state index contributed by atoms with van der Waals surface area (Å²) in [5, 5.41) is 0.757. The fourth-order valence-corrected chi connectivity index (χ4v) is 2.77. The van der Waals surface area contributed by atoms with Gasteiger partial charge in [0.15, 0.2) is 0 Å². The third kappa shape index (κ3) is 4.57. The van der Waals surface area contributed by atoms with Crippen LogP contribution in [0.4, 0.5) is 5.69 Å². The summed E-state index contributed by atoms with van der Waals surface area (Å²) >= 11 is 11.5. The highest BCUT2D eigenvalue weighted by atomic mass is 35.5. The minimum atomic E-state index is -3.38. The van der Waals surface area contributed by atoms with E-state index in [2.05, 4.69) is 4.72 Å². The van der Waals surface area contributed by atoms with Gasteiger partial charge in [0.25, 0.3) is 0 Å². The van der Waals surface area contributed by atoms with Gasteiger partial charge in [-0.2, -0.15) is 0 Å². The molecule has 0 atom stereocenters. The molecule has 0 aliphatic heterocycles. The summed E-state index contributed by atoms with van der Waals surface area (Å²) in [5.74, 6) is -0.0202. The fourth-order valence-electron chi connectivity index (χ4n) is 1.12. The fraction of sp³-hybridized carbons (Fsp3) is 0.333. The second kappa shape index (κ2) is 5.72. The van der Waals surface area contributed by atoms with E-state index in [1.54, 1.807) is 0 Å². The average Bonchev–Trinajstić information content (AvgIpc) is 2.12. The van der Waals surface area contributed by atoms with Crippen molar-refractivity contribution in [2.45, 2.75) is 6.42 Å². The monoisotopic (exact) mass is 282 g/mol. The van der Waals surface area contributed by atoms with E-state index < -0.39 is 10.0 Å². The molecule has 1 aromatic rings. The zero-order valence-electron chi connectivity index (χ0n) is 8.41. The van der Waals surface area contributed by atoms with E-state index in [0.717, 1.165) is 0 Å². The molecule has 0 radical (unpaired) electrons. The molecule has 3 N–H and O–H groups in total. The standard InChI is InChI=1S/C9H12Cl2N2O2S/c10-7-4-8(11)6-9(5-7)13-16(14,15)3-1-2-12/h4-6,13H,1-3,12H2. The van der Waals surface area contributed by atoms with Crippen molar-refractivity contribution in [3.8, 4) is 0 Å². The largest absolute Gasteiger partial charge is 0.330 e. The highest BCUT2D eigenvalue weighted by molar-refractivity contribution is 7.92. The maximum atomic E-state index is 11.5. The smallest absolute Gasteiger partial charge is 0.232 e. The molecule has 90 valence electrons. The molecule has 0 unspecified atom stereocenters. The van der Waals surface area contributed by atoms with Gasteiger partial charge in [0.05, 0.1) is 11.4 Å². The lowest BCUT2D eigenvalue weighted by atomic mass is 10.3. The molecule has 0 fully saturated rings. The lowest BCUT2D eigenvalue weighted by Gasteiger charge is -2.08. The van der Waals surface area contributed by atoms with Gasteiger partial charge in [-0.15, -0.1) is 0 Å². The molecule has 0 aliphatic carbocycles. The van der Waals surface area contributed by atoms with E-state index in [9.17, 15) is 8.42 Å². The first kappa shape index (κ1) is 13.6. The maximum Gasteiger partial charge on any atom is 0.232 e. The Kier molecular flexibility index (Phi) is 4.86. The second-order valence-electron chi connectivity index (χ2n) is 3.22. The predicted octanol–water partition coefficient (Wildman–Crippen LogP) is 2.08. The van der Waals surface area contributed by atoms with E-state index in [0.29, 0.717) is 28.7 Å². The van der Waals surface area contributed by atoms with Crippen molar-refractivity contribution in [3.05, 3.63) is 28.2 Å². The number of sulfonamides is 1. The molecule has 1 rings (SSSR count). The van der Waals surface area contributed by atoms with E-state index in [1.807, 2.05) is 0 Å². The van der Waals surface area contributed by atoms with Crippen LogP contribution in [0, 0.1) is 0 Å². The zero-order chi connectivity index (χ0) is 12.2. The summed E-state index contributed by atoms with van der Waals surface area (Å²) in [4.78, 5) is 0. The van der Waals surface area contributed by atoms with Gasteiger partial charge in [-0.1, -0.05) is 23.2 Å². The molecule has 0 bridgehead atoms. The van der Waals surface area contributed by atoms with Gasteiger partial charge in [-0.3, -0.25) is 4.72 Å². The van der Waals surface area contributed by atoms with Crippen LogP contribution in [0.15, 0.2) is 18.2 Å². The Morgan fingerprint density at radius 1 is 1.19 bits per heavy atom. The second-order valence-corrected chi connectivity index (χ2v) is 5.94. The van der Waals surface area contributed by atoms with Crippen LogP contribution in [0.2, 0.25) is 10.0 Å². The van der Waals surface area contributed by atoms with Gasteiger partial charge in [0.2, 0.25) is 10.0 Å². The molecule has 1 aromatic carbocycles. The summed E-state index contributed by atoms with van der Waals surface area (Å²) < 4.78 is 25.4. The summed E-state index contributed by atoms with van der Waals surface area (Å²) in [6.07, 6.45) is 0.406. The van der Waals surface area contributed by atoms with E-state index in [-0.39, 0.29) is 5.75 Å². The van der Waals surface area contributed by atoms with Crippen molar-refractivity contribution in [2.24, 2.45) is 5.73 Å². The lowest BCUT2D eigenvalue weighted by Crippen LogP contribution is -2.18. The van der Waals surface area contributed by atoms with Gasteiger partial charge in [-0.05, 0) is 31.2 Å². The minimum Gasteiger partial charge on any atom is -0.330 e. The Labute approximate surface area is 105 Å². The van der Waals surface area contributed by atoms with Crippen LogP contribution in [0.1, 0.15) is 6.42 Å². The molecule has 7 heteroatoms. The number of nitrogens with two attached hydrogens (primary N) is 1. The van der Waals surface area contributed by atoms with Crippen LogP contribution in [-0.2, 0) is 10.0 Å². The van der Waals surface area contributed by atoms with Crippen molar-refractivity contribution >= 4 is 38.9 Å². The number of nitrogens with one attached hydrogen (secondary N) is 1. The normalized spacial score (nSPS) is 11.4. The first-order valence-electron chi connectivity index (χ1n) is 4.59. The molecule has 4 nitrogen and oxygen atoms in total. The van der Waals surface area contributed by atoms with Crippen molar-refractivity contribution in [3.63, 3.8) is 0 Å². The van der Waals surface area contributed by atoms with Crippen LogP contribution in [0.3, 0.4) is 0 Å². The topological polar surface area (TPSA) is 72.2 Å².